The Bertz CT molecular complexity index is 413. The van der Waals surface area contributed by atoms with Crippen molar-refractivity contribution < 1.29 is 4.79 Å². The van der Waals surface area contributed by atoms with E-state index in [0.717, 1.165) is 31.6 Å². The predicted octanol–water partition coefficient (Wildman–Crippen LogP) is 2.70. The van der Waals surface area contributed by atoms with Crippen molar-refractivity contribution in [2.75, 3.05) is 30.3 Å². The van der Waals surface area contributed by atoms with Crippen molar-refractivity contribution in [3.8, 4) is 0 Å². The molecular formula is C14H21N3O. The van der Waals surface area contributed by atoms with Gasteiger partial charge < -0.3 is 10.6 Å². The Kier molecular flexibility index (Phi) is 4.07. The van der Waals surface area contributed by atoms with Crippen molar-refractivity contribution in [1.29, 1.82) is 0 Å². The molecule has 0 atom stereocenters. The fourth-order valence-electron chi connectivity index (χ4n) is 2.38. The second-order valence-corrected chi connectivity index (χ2v) is 4.67. The first-order valence-electron chi connectivity index (χ1n) is 6.64. The first-order valence-corrected chi connectivity index (χ1v) is 6.64. The average molecular weight is 247 g/mol. The number of hydrogen-bond acceptors (Lipinski definition) is 2. The van der Waals surface area contributed by atoms with E-state index in [0.29, 0.717) is 12.2 Å². The molecule has 98 valence electrons. The van der Waals surface area contributed by atoms with Gasteiger partial charge in [0.2, 0.25) is 0 Å². The molecule has 1 saturated heterocycles. The number of likely N-dealkylation sites (tertiary alicyclic amines) is 1. The van der Waals surface area contributed by atoms with E-state index >= 15 is 0 Å². The molecule has 1 aliphatic rings. The molecule has 0 radical (unpaired) electrons. The highest BCUT2D eigenvalue weighted by molar-refractivity contribution is 5.92. The van der Waals surface area contributed by atoms with Crippen LogP contribution in [-0.2, 0) is 0 Å². The van der Waals surface area contributed by atoms with Gasteiger partial charge in [0.05, 0.1) is 0 Å². The van der Waals surface area contributed by atoms with Crippen LogP contribution in [0.1, 0.15) is 26.2 Å². The Hall–Kier alpha value is -1.71. The van der Waals surface area contributed by atoms with Crippen LogP contribution in [0.3, 0.4) is 0 Å². The molecule has 0 aromatic heterocycles. The molecule has 1 fully saturated rings. The lowest BCUT2D eigenvalue weighted by Crippen LogP contribution is -2.45. The smallest absolute Gasteiger partial charge is 0.324 e. The maximum Gasteiger partial charge on any atom is 0.324 e. The second kappa shape index (κ2) is 5.76. The summed E-state index contributed by atoms with van der Waals surface area (Å²) in [4.78, 5) is 16.2. The standard InChI is InChI=1S/C14H21N3O/c1-2-17(13-8-6-7-12(15)11-13)14(18)16-9-4-3-5-10-16/h6-8,11H,2-5,9-10,15H2,1H3. The number of carbonyl (C=O) groups is 1. The number of nitrogens with two attached hydrogens (primary N) is 1. The summed E-state index contributed by atoms with van der Waals surface area (Å²) in [6.07, 6.45) is 3.45. The van der Waals surface area contributed by atoms with Crippen molar-refractivity contribution in [3.05, 3.63) is 24.3 Å². The third kappa shape index (κ3) is 2.75. The summed E-state index contributed by atoms with van der Waals surface area (Å²) >= 11 is 0. The van der Waals surface area contributed by atoms with E-state index in [-0.39, 0.29) is 6.03 Å². The summed E-state index contributed by atoms with van der Waals surface area (Å²) in [6, 6.07) is 7.61. The number of piperidine rings is 1. The molecule has 4 nitrogen and oxygen atoms in total. The quantitative estimate of drug-likeness (QED) is 0.817. The Balaban J connectivity index is 2.14. The number of nitrogens with zero attached hydrogens (tertiary/aromatic N) is 2. The van der Waals surface area contributed by atoms with Gasteiger partial charge in [0, 0.05) is 31.0 Å². The first kappa shape index (κ1) is 12.7. The predicted molar refractivity (Wildman–Crippen MR) is 74.7 cm³/mol. The molecule has 1 heterocycles. The van der Waals surface area contributed by atoms with E-state index in [2.05, 4.69) is 0 Å². The van der Waals surface area contributed by atoms with Gasteiger partial charge in [-0.15, -0.1) is 0 Å². The number of carbonyl (C=O) groups excluding carboxylic acids is 1. The van der Waals surface area contributed by atoms with E-state index in [1.54, 1.807) is 4.90 Å². The Labute approximate surface area is 108 Å². The zero-order chi connectivity index (χ0) is 13.0. The van der Waals surface area contributed by atoms with Crippen LogP contribution in [0.15, 0.2) is 24.3 Å². The third-order valence-electron chi connectivity index (χ3n) is 3.36. The van der Waals surface area contributed by atoms with Gasteiger partial charge in [-0.2, -0.15) is 0 Å². The summed E-state index contributed by atoms with van der Waals surface area (Å²) in [5, 5.41) is 0. The summed E-state index contributed by atoms with van der Waals surface area (Å²) in [7, 11) is 0. The maximum absolute atomic E-state index is 12.5. The average Bonchev–Trinajstić information content (AvgIpc) is 2.40. The molecule has 1 aromatic carbocycles. The number of nitrogen functional groups attached to an aromatic ring is 1. The fraction of sp³-hybridized carbons (Fsp3) is 0.500. The summed E-state index contributed by atoms with van der Waals surface area (Å²) in [5.74, 6) is 0. The van der Waals surface area contributed by atoms with Gasteiger partial charge in [-0.05, 0) is 44.4 Å². The number of anilines is 2. The van der Waals surface area contributed by atoms with Crippen LogP contribution >= 0.6 is 0 Å². The SMILES string of the molecule is CCN(C(=O)N1CCCCC1)c1cccc(N)c1. The minimum atomic E-state index is 0.0998. The Morgan fingerprint density at radius 3 is 2.67 bits per heavy atom. The van der Waals surface area contributed by atoms with E-state index in [1.807, 2.05) is 36.1 Å². The maximum atomic E-state index is 12.5. The largest absolute Gasteiger partial charge is 0.399 e. The Morgan fingerprint density at radius 2 is 2.06 bits per heavy atom. The summed E-state index contributed by atoms with van der Waals surface area (Å²) in [6.45, 7) is 4.40. The van der Waals surface area contributed by atoms with Gasteiger partial charge in [0.25, 0.3) is 0 Å². The first-order chi connectivity index (χ1) is 8.72. The van der Waals surface area contributed by atoms with Crippen molar-refractivity contribution in [2.45, 2.75) is 26.2 Å². The van der Waals surface area contributed by atoms with Crippen LogP contribution in [0.5, 0.6) is 0 Å². The van der Waals surface area contributed by atoms with Gasteiger partial charge in [-0.1, -0.05) is 6.07 Å². The molecule has 0 unspecified atom stereocenters. The molecule has 0 bridgehead atoms. The number of rotatable bonds is 2. The van der Waals surface area contributed by atoms with E-state index in [9.17, 15) is 4.79 Å². The molecule has 0 aliphatic carbocycles. The number of benzene rings is 1. The van der Waals surface area contributed by atoms with Crippen LogP contribution in [0.4, 0.5) is 16.2 Å². The lowest BCUT2D eigenvalue weighted by molar-refractivity contribution is 0.193. The van der Waals surface area contributed by atoms with Crippen LogP contribution < -0.4 is 10.6 Å². The van der Waals surface area contributed by atoms with Crippen molar-refractivity contribution in [3.63, 3.8) is 0 Å². The molecular weight excluding hydrogens is 226 g/mol. The van der Waals surface area contributed by atoms with Crippen LogP contribution in [-0.4, -0.2) is 30.6 Å². The van der Waals surface area contributed by atoms with E-state index in [4.69, 9.17) is 5.73 Å². The van der Waals surface area contributed by atoms with Crippen molar-refractivity contribution in [1.82, 2.24) is 4.90 Å². The second-order valence-electron chi connectivity index (χ2n) is 4.67. The topological polar surface area (TPSA) is 49.6 Å². The Morgan fingerprint density at radius 1 is 1.33 bits per heavy atom. The fourth-order valence-corrected chi connectivity index (χ4v) is 2.38. The van der Waals surface area contributed by atoms with E-state index < -0.39 is 0 Å². The highest BCUT2D eigenvalue weighted by Crippen LogP contribution is 2.20. The van der Waals surface area contributed by atoms with Crippen LogP contribution in [0.25, 0.3) is 0 Å². The molecule has 4 heteroatoms. The third-order valence-corrected chi connectivity index (χ3v) is 3.36. The van der Waals surface area contributed by atoms with Crippen LogP contribution in [0.2, 0.25) is 0 Å². The van der Waals surface area contributed by atoms with Gasteiger partial charge in [0.15, 0.2) is 0 Å². The highest BCUT2D eigenvalue weighted by atomic mass is 16.2. The molecule has 1 aromatic rings. The molecule has 1 aliphatic heterocycles. The van der Waals surface area contributed by atoms with Gasteiger partial charge in [-0.3, -0.25) is 4.90 Å². The van der Waals surface area contributed by atoms with Crippen molar-refractivity contribution >= 4 is 17.4 Å². The lowest BCUT2D eigenvalue weighted by atomic mass is 10.1. The molecule has 2 rings (SSSR count). The van der Waals surface area contributed by atoms with Crippen molar-refractivity contribution in [2.24, 2.45) is 0 Å². The molecule has 2 amide bonds. The minimum Gasteiger partial charge on any atom is -0.399 e. The van der Waals surface area contributed by atoms with Crippen LogP contribution in [0, 0.1) is 0 Å². The normalized spacial score (nSPS) is 15.5. The summed E-state index contributed by atoms with van der Waals surface area (Å²) < 4.78 is 0. The highest BCUT2D eigenvalue weighted by Gasteiger charge is 2.22. The molecule has 2 N–H and O–H groups in total. The number of urea groups is 1. The molecule has 0 spiro atoms. The van der Waals surface area contributed by atoms with Gasteiger partial charge in [0.1, 0.15) is 0 Å². The molecule has 18 heavy (non-hydrogen) atoms. The number of hydrogen-bond donors (Lipinski definition) is 1. The van der Waals surface area contributed by atoms with Gasteiger partial charge in [-0.25, -0.2) is 4.79 Å². The zero-order valence-corrected chi connectivity index (χ0v) is 10.9. The van der Waals surface area contributed by atoms with E-state index in [1.165, 1.54) is 6.42 Å². The summed E-state index contributed by atoms with van der Waals surface area (Å²) in [5.41, 5.74) is 7.35. The minimum absolute atomic E-state index is 0.0998. The lowest BCUT2D eigenvalue weighted by Gasteiger charge is -2.32. The number of amides is 2. The zero-order valence-electron chi connectivity index (χ0n) is 10.9. The molecule has 0 saturated carbocycles. The monoisotopic (exact) mass is 247 g/mol. The van der Waals surface area contributed by atoms with Gasteiger partial charge >= 0.3 is 6.03 Å².